The number of nitrogens with zero attached hydrogens (tertiary/aromatic N) is 2. The van der Waals surface area contributed by atoms with Crippen molar-refractivity contribution in [2.45, 2.75) is 45.7 Å². The van der Waals surface area contributed by atoms with E-state index in [4.69, 9.17) is 0 Å². The van der Waals surface area contributed by atoms with Gasteiger partial charge in [-0.2, -0.15) is 0 Å². The van der Waals surface area contributed by atoms with Crippen molar-refractivity contribution in [3.05, 3.63) is 16.1 Å². The van der Waals surface area contributed by atoms with Crippen molar-refractivity contribution in [2.75, 3.05) is 5.75 Å². The number of hydrogen-bond acceptors (Lipinski definition) is 4. The topological polar surface area (TPSA) is 37.3 Å². The van der Waals surface area contributed by atoms with Crippen LogP contribution in [0.3, 0.4) is 0 Å². The zero-order chi connectivity index (χ0) is 12.3. The summed E-state index contributed by atoms with van der Waals surface area (Å²) in [6, 6.07) is 0. The number of rotatable bonds is 4. The van der Waals surface area contributed by atoms with Crippen LogP contribution in [-0.4, -0.2) is 21.4 Å². The fourth-order valence-corrected chi connectivity index (χ4v) is 3.89. The second kappa shape index (κ2) is 5.40. The molecule has 0 saturated carbocycles. The Balaban J connectivity index is 1.96. The van der Waals surface area contributed by atoms with Crippen molar-refractivity contribution in [3.63, 3.8) is 0 Å². The van der Waals surface area contributed by atoms with E-state index >= 15 is 0 Å². The number of thioether (sulfide) groups is 1. The monoisotopic (exact) mass is 269 g/mol. The maximum absolute atomic E-state index is 4.61. The molecule has 1 aliphatic heterocycles. The highest BCUT2D eigenvalue weighted by Gasteiger charge is 2.33. The van der Waals surface area contributed by atoms with Gasteiger partial charge >= 0.3 is 0 Å². The highest BCUT2D eigenvalue weighted by Crippen LogP contribution is 2.29. The first-order valence-corrected chi connectivity index (χ1v) is 7.84. The Hall–Kier alpha value is -0.550. The van der Waals surface area contributed by atoms with Gasteiger partial charge in [-0.1, -0.05) is 25.6 Å². The van der Waals surface area contributed by atoms with E-state index in [2.05, 4.69) is 36.1 Å². The van der Waals surface area contributed by atoms with Crippen LogP contribution in [-0.2, 0) is 6.54 Å². The molecule has 1 fully saturated rings. The molecule has 3 nitrogen and oxygen atoms in total. The summed E-state index contributed by atoms with van der Waals surface area (Å²) in [6.45, 7) is 7.27. The Bertz CT molecular complexity index is 408. The van der Waals surface area contributed by atoms with Crippen LogP contribution in [0, 0.1) is 6.92 Å². The van der Waals surface area contributed by atoms with E-state index in [1.165, 1.54) is 4.88 Å². The summed E-state index contributed by atoms with van der Waals surface area (Å²) in [5.74, 6) is 1.13. The van der Waals surface area contributed by atoms with Gasteiger partial charge < -0.3 is 5.32 Å². The SMILES string of the molecule is CCC1(CC)CSC(=NCc2ncc(C)s2)N1. The van der Waals surface area contributed by atoms with Crippen molar-refractivity contribution in [1.29, 1.82) is 0 Å². The predicted octanol–water partition coefficient (Wildman–Crippen LogP) is 3.20. The minimum Gasteiger partial charge on any atom is -0.359 e. The number of aliphatic imine (C=N–C) groups is 1. The van der Waals surface area contributed by atoms with E-state index in [0.29, 0.717) is 6.54 Å². The van der Waals surface area contributed by atoms with Gasteiger partial charge in [0, 0.05) is 22.4 Å². The van der Waals surface area contributed by atoms with Crippen LogP contribution < -0.4 is 5.32 Å². The molecule has 0 unspecified atom stereocenters. The van der Waals surface area contributed by atoms with E-state index < -0.39 is 0 Å². The van der Waals surface area contributed by atoms with Gasteiger partial charge in [-0.05, 0) is 19.8 Å². The summed E-state index contributed by atoms with van der Waals surface area (Å²) >= 11 is 3.57. The molecule has 5 heteroatoms. The second-order valence-electron chi connectivity index (χ2n) is 4.39. The van der Waals surface area contributed by atoms with Crippen LogP contribution in [0.4, 0.5) is 0 Å². The number of nitrogens with one attached hydrogen (secondary N) is 1. The molecule has 0 aliphatic carbocycles. The van der Waals surface area contributed by atoms with Gasteiger partial charge in [0.15, 0.2) is 5.17 Å². The van der Waals surface area contributed by atoms with Crippen molar-refractivity contribution in [1.82, 2.24) is 10.3 Å². The molecule has 17 heavy (non-hydrogen) atoms. The third-order valence-corrected chi connectivity index (χ3v) is 5.34. The molecule has 1 saturated heterocycles. The van der Waals surface area contributed by atoms with Crippen molar-refractivity contribution in [2.24, 2.45) is 4.99 Å². The fraction of sp³-hybridized carbons (Fsp3) is 0.667. The van der Waals surface area contributed by atoms with Crippen molar-refractivity contribution < 1.29 is 0 Å². The molecule has 0 bridgehead atoms. The largest absolute Gasteiger partial charge is 0.359 e. The van der Waals surface area contributed by atoms with Gasteiger partial charge in [0.25, 0.3) is 0 Å². The standard InChI is InChI=1S/C12H19N3S2/c1-4-12(5-2)8-16-11(15-12)14-7-10-13-6-9(3)17-10/h6H,4-5,7-8H2,1-3H3,(H,14,15). The summed E-state index contributed by atoms with van der Waals surface area (Å²) in [7, 11) is 0. The lowest BCUT2D eigenvalue weighted by Crippen LogP contribution is -2.42. The second-order valence-corrected chi connectivity index (χ2v) is 6.67. The molecule has 1 aromatic rings. The third kappa shape index (κ3) is 3.01. The van der Waals surface area contributed by atoms with Crippen molar-refractivity contribution in [3.8, 4) is 0 Å². The number of amidine groups is 1. The fourth-order valence-electron chi connectivity index (χ4n) is 1.84. The summed E-state index contributed by atoms with van der Waals surface area (Å²) in [4.78, 5) is 10.2. The molecule has 1 aromatic heterocycles. The van der Waals surface area contributed by atoms with E-state index in [-0.39, 0.29) is 5.54 Å². The highest BCUT2D eigenvalue weighted by atomic mass is 32.2. The lowest BCUT2D eigenvalue weighted by Gasteiger charge is -2.25. The quantitative estimate of drug-likeness (QED) is 0.912. The van der Waals surface area contributed by atoms with Gasteiger partial charge in [-0.25, -0.2) is 4.98 Å². The summed E-state index contributed by atoms with van der Waals surface area (Å²) in [5, 5.41) is 5.76. The normalized spacial score (nSPS) is 20.8. The average molecular weight is 269 g/mol. The Labute approximate surface area is 111 Å². The summed E-state index contributed by atoms with van der Waals surface area (Å²) < 4.78 is 0. The number of thiazole rings is 1. The zero-order valence-electron chi connectivity index (χ0n) is 10.6. The van der Waals surface area contributed by atoms with Gasteiger partial charge in [-0.3, -0.25) is 4.99 Å². The molecule has 0 amide bonds. The first-order valence-electron chi connectivity index (χ1n) is 6.04. The van der Waals surface area contributed by atoms with Gasteiger partial charge in [0.1, 0.15) is 5.01 Å². The molecule has 2 heterocycles. The van der Waals surface area contributed by atoms with E-state index in [1.807, 2.05) is 18.0 Å². The van der Waals surface area contributed by atoms with Crippen LogP contribution in [0.2, 0.25) is 0 Å². The van der Waals surface area contributed by atoms with E-state index in [0.717, 1.165) is 28.8 Å². The first kappa shape index (κ1) is 12.9. The average Bonchev–Trinajstić information content (AvgIpc) is 2.93. The third-order valence-electron chi connectivity index (χ3n) is 3.24. The number of hydrogen-bond donors (Lipinski definition) is 1. The van der Waals surface area contributed by atoms with Gasteiger partial charge in [0.2, 0.25) is 0 Å². The van der Waals surface area contributed by atoms with E-state index in [9.17, 15) is 0 Å². The van der Waals surface area contributed by atoms with Crippen LogP contribution >= 0.6 is 23.1 Å². The minimum atomic E-state index is 0.266. The Morgan fingerprint density at radius 1 is 1.47 bits per heavy atom. The summed E-state index contributed by atoms with van der Waals surface area (Å²) in [6.07, 6.45) is 4.23. The van der Waals surface area contributed by atoms with E-state index in [1.54, 1.807) is 11.3 Å². The molecule has 0 atom stereocenters. The highest BCUT2D eigenvalue weighted by molar-refractivity contribution is 8.14. The smallest absolute Gasteiger partial charge is 0.157 e. The van der Waals surface area contributed by atoms with Gasteiger partial charge in [0.05, 0.1) is 6.54 Å². The van der Waals surface area contributed by atoms with Crippen molar-refractivity contribution >= 4 is 28.3 Å². The van der Waals surface area contributed by atoms with Crippen LogP contribution in [0.5, 0.6) is 0 Å². The molecule has 1 N–H and O–H groups in total. The number of aryl methyl sites for hydroxylation is 1. The molecule has 1 aliphatic rings. The Kier molecular flexibility index (Phi) is 4.09. The molecule has 94 valence electrons. The maximum Gasteiger partial charge on any atom is 0.157 e. The number of aromatic nitrogens is 1. The predicted molar refractivity (Wildman–Crippen MR) is 76.9 cm³/mol. The summed E-state index contributed by atoms with van der Waals surface area (Å²) in [5.41, 5.74) is 0.266. The van der Waals surface area contributed by atoms with Crippen LogP contribution in [0.15, 0.2) is 11.2 Å². The van der Waals surface area contributed by atoms with Crippen LogP contribution in [0.25, 0.3) is 0 Å². The maximum atomic E-state index is 4.61. The minimum absolute atomic E-state index is 0.266. The first-order chi connectivity index (χ1) is 8.17. The molecule has 0 radical (unpaired) electrons. The lowest BCUT2D eigenvalue weighted by molar-refractivity contribution is 0.407. The zero-order valence-corrected chi connectivity index (χ0v) is 12.2. The Morgan fingerprint density at radius 2 is 2.24 bits per heavy atom. The lowest BCUT2D eigenvalue weighted by atomic mass is 9.96. The van der Waals surface area contributed by atoms with Crippen LogP contribution in [0.1, 0.15) is 36.6 Å². The molecule has 0 aromatic carbocycles. The molecule has 2 rings (SSSR count). The molecule has 0 spiro atoms. The van der Waals surface area contributed by atoms with Gasteiger partial charge in [-0.15, -0.1) is 11.3 Å². The molecular weight excluding hydrogens is 250 g/mol. The Morgan fingerprint density at radius 3 is 2.76 bits per heavy atom. The molecular formula is C12H19N3S2.